The predicted molar refractivity (Wildman–Crippen MR) is 89.0 cm³/mol. The van der Waals surface area contributed by atoms with Gasteiger partial charge in [0.1, 0.15) is 5.75 Å². The van der Waals surface area contributed by atoms with Crippen molar-refractivity contribution in [3.05, 3.63) is 64.6 Å². The summed E-state index contributed by atoms with van der Waals surface area (Å²) in [7, 11) is 1.65. The summed E-state index contributed by atoms with van der Waals surface area (Å²) in [5.74, 6) is 0.772. The summed E-state index contributed by atoms with van der Waals surface area (Å²) < 4.78 is 6.49. The third kappa shape index (κ3) is 2.45. The Labute approximate surface area is 131 Å². The summed E-state index contributed by atoms with van der Waals surface area (Å²) >= 11 is 3.43. The van der Waals surface area contributed by atoms with Crippen molar-refractivity contribution in [3.8, 4) is 16.9 Å². The second-order valence-electron chi connectivity index (χ2n) is 4.71. The van der Waals surface area contributed by atoms with E-state index in [-0.39, 0.29) is 0 Å². The average Bonchev–Trinajstić information content (AvgIpc) is 2.54. The normalized spacial score (nSPS) is 10.6. The van der Waals surface area contributed by atoms with Crippen molar-refractivity contribution in [1.29, 1.82) is 0 Å². The molecule has 3 aromatic carbocycles. The number of ether oxygens (including phenoxy) is 1. The minimum atomic E-state index is 0.689. The molecule has 0 amide bonds. The number of rotatable bonds is 3. The Hall–Kier alpha value is -2.13. The summed E-state index contributed by atoms with van der Waals surface area (Å²) in [5.41, 5.74) is 2.56. The third-order valence-corrected chi connectivity index (χ3v) is 4.07. The molecule has 0 aliphatic carbocycles. The molecule has 0 aliphatic heterocycles. The summed E-state index contributed by atoms with van der Waals surface area (Å²) in [5, 5.41) is 1.85. The first-order valence-electron chi connectivity index (χ1n) is 6.55. The number of benzene rings is 3. The Kier molecular flexibility index (Phi) is 3.76. The Balaban J connectivity index is 2.36. The highest BCUT2D eigenvalue weighted by Crippen LogP contribution is 2.36. The van der Waals surface area contributed by atoms with E-state index in [1.807, 2.05) is 54.6 Å². The molecule has 0 saturated heterocycles. The smallest absolute Gasteiger partial charge is 0.151 e. The lowest BCUT2D eigenvalue weighted by Gasteiger charge is -2.13. The zero-order valence-corrected chi connectivity index (χ0v) is 13.1. The van der Waals surface area contributed by atoms with Crippen molar-refractivity contribution in [2.24, 2.45) is 0 Å². The highest BCUT2D eigenvalue weighted by atomic mass is 79.9. The minimum Gasteiger partial charge on any atom is -0.496 e. The lowest BCUT2D eigenvalue weighted by molar-refractivity contribution is 0.112. The van der Waals surface area contributed by atoms with E-state index < -0.39 is 0 Å². The molecular formula is C18H13BrO2. The molecule has 0 radical (unpaired) electrons. The van der Waals surface area contributed by atoms with E-state index in [1.54, 1.807) is 7.11 Å². The number of halogens is 1. The van der Waals surface area contributed by atoms with Gasteiger partial charge in [-0.3, -0.25) is 4.79 Å². The maximum Gasteiger partial charge on any atom is 0.151 e. The van der Waals surface area contributed by atoms with Gasteiger partial charge in [-0.05, 0) is 34.7 Å². The molecule has 3 rings (SSSR count). The number of hydrogen-bond donors (Lipinski definition) is 0. The van der Waals surface area contributed by atoms with Crippen molar-refractivity contribution in [2.45, 2.75) is 0 Å². The van der Waals surface area contributed by atoms with Gasteiger partial charge in [0.05, 0.1) is 7.11 Å². The van der Waals surface area contributed by atoms with Crippen LogP contribution in [0.15, 0.2) is 59.1 Å². The maximum absolute atomic E-state index is 11.6. The van der Waals surface area contributed by atoms with E-state index in [4.69, 9.17) is 4.74 Å². The monoisotopic (exact) mass is 340 g/mol. The molecule has 0 unspecified atom stereocenters. The Bertz CT molecular complexity index is 807. The van der Waals surface area contributed by atoms with Gasteiger partial charge in [0.25, 0.3) is 0 Å². The fourth-order valence-electron chi connectivity index (χ4n) is 2.53. The van der Waals surface area contributed by atoms with Crippen molar-refractivity contribution < 1.29 is 9.53 Å². The van der Waals surface area contributed by atoms with Crippen LogP contribution in [0.2, 0.25) is 0 Å². The molecule has 3 heteroatoms. The predicted octanol–water partition coefficient (Wildman–Crippen LogP) is 5.09. The van der Waals surface area contributed by atoms with E-state index in [1.165, 1.54) is 0 Å². The number of carbonyl (C=O) groups is 1. The van der Waals surface area contributed by atoms with Crippen LogP contribution in [0.5, 0.6) is 5.75 Å². The number of hydrogen-bond acceptors (Lipinski definition) is 2. The zero-order valence-electron chi connectivity index (χ0n) is 11.5. The van der Waals surface area contributed by atoms with Crippen molar-refractivity contribution in [2.75, 3.05) is 7.11 Å². The van der Waals surface area contributed by atoms with Gasteiger partial charge < -0.3 is 4.74 Å². The summed E-state index contributed by atoms with van der Waals surface area (Å²) in [6.07, 6.45) is 0.916. The van der Waals surface area contributed by atoms with Crippen LogP contribution >= 0.6 is 15.9 Å². The molecule has 21 heavy (non-hydrogen) atoms. The van der Waals surface area contributed by atoms with Crippen LogP contribution in [0.1, 0.15) is 10.4 Å². The highest BCUT2D eigenvalue weighted by molar-refractivity contribution is 9.10. The van der Waals surface area contributed by atoms with Crippen molar-refractivity contribution >= 4 is 33.0 Å². The van der Waals surface area contributed by atoms with Gasteiger partial charge >= 0.3 is 0 Å². The van der Waals surface area contributed by atoms with Crippen LogP contribution in [0.3, 0.4) is 0 Å². The van der Waals surface area contributed by atoms with Crippen LogP contribution in [0, 0.1) is 0 Å². The number of fused-ring (bicyclic) bond motifs is 1. The standard InChI is InChI=1S/C18H13BrO2/c1-21-18-10-16(12-6-8-13(19)9-7-12)17(11-20)14-4-2-3-5-15(14)18/h2-11H,1H3. The van der Waals surface area contributed by atoms with Gasteiger partial charge in [0.15, 0.2) is 6.29 Å². The van der Waals surface area contributed by atoms with Gasteiger partial charge in [-0.25, -0.2) is 0 Å². The fourth-order valence-corrected chi connectivity index (χ4v) is 2.79. The minimum absolute atomic E-state index is 0.689. The topological polar surface area (TPSA) is 26.3 Å². The van der Waals surface area contributed by atoms with E-state index in [0.29, 0.717) is 5.56 Å². The van der Waals surface area contributed by atoms with Crippen LogP contribution in [-0.2, 0) is 0 Å². The maximum atomic E-state index is 11.6. The Morgan fingerprint density at radius 3 is 2.29 bits per heavy atom. The van der Waals surface area contributed by atoms with Gasteiger partial charge in [0, 0.05) is 15.4 Å². The molecule has 0 aromatic heterocycles. The number of carbonyl (C=O) groups excluding carboxylic acids is 1. The van der Waals surface area contributed by atoms with Crippen LogP contribution < -0.4 is 4.74 Å². The first-order valence-corrected chi connectivity index (χ1v) is 7.34. The molecule has 0 saturated carbocycles. The number of methoxy groups -OCH3 is 1. The molecule has 104 valence electrons. The largest absolute Gasteiger partial charge is 0.496 e. The van der Waals surface area contributed by atoms with E-state index in [9.17, 15) is 4.79 Å². The second kappa shape index (κ2) is 5.70. The molecule has 0 N–H and O–H groups in total. The summed E-state index contributed by atoms with van der Waals surface area (Å²) in [4.78, 5) is 11.6. The molecule has 2 nitrogen and oxygen atoms in total. The van der Waals surface area contributed by atoms with Gasteiger partial charge in [-0.2, -0.15) is 0 Å². The molecule has 3 aromatic rings. The first-order chi connectivity index (χ1) is 10.2. The summed E-state index contributed by atoms with van der Waals surface area (Å²) in [6.45, 7) is 0. The Morgan fingerprint density at radius 2 is 1.67 bits per heavy atom. The summed E-state index contributed by atoms with van der Waals surface area (Å²) in [6, 6.07) is 17.6. The van der Waals surface area contributed by atoms with Crippen molar-refractivity contribution in [3.63, 3.8) is 0 Å². The molecular weight excluding hydrogens is 328 g/mol. The van der Waals surface area contributed by atoms with E-state index in [2.05, 4.69) is 15.9 Å². The molecule has 0 atom stereocenters. The molecule has 0 heterocycles. The highest BCUT2D eigenvalue weighted by Gasteiger charge is 2.13. The average molecular weight is 341 g/mol. The quantitative estimate of drug-likeness (QED) is 0.620. The number of aldehydes is 1. The lowest BCUT2D eigenvalue weighted by Crippen LogP contribution is -1.94. The molecule has 0 fully saturated rings. The third-order valence-electron chi connectivity index (χ3n) is 3.54. The fraction of sp³-hybridized carbons (Fsp3) is 0.0556. The molecule has 0 spiro atoms. The first kappa shape index (κ1) is 13.8. The second-order valence-corrected chi connectivity index (χ2v) is 5.63. The van der Waals surface area contributed by atoms with E-state index >= 15 is 0 Å². The zero-order chi connectivity index (χ0) is 14.8. The lowest BCUT2D eigenvalue weighted by atomic mass is 9.94. The van der Waals surface area contributed by atoms with Gasteiger partial charge in [-0.15, -0.1) is 0 Å². The van der Waals surface area contributed by atoms with Crippen molar-refractivity contribution in [1.82, 2.24) is 0 Å². The SMILES string of the molecule is COc1cc(-c2ccc(Br)cc2)c(C=O)c2ccccc12. The molecule has 0 aliphatic rings. The van der Waals surface area contributed by atoms with Gasteiger partial charge in [0.2, 0.25) is 0 Å². The van der Waals surface area contributed by atoms with Crippen LogP contribution in [0.25, 0.3) is 21.9 Å². The van der Waals surface area contributed by atoms with Crippen LogP contribution in [0.4, 0.5) is 0 Å². The van der Waals surface area contributed by atoms with Gasteiger partial charge in [-0.1, -0.05) is 52.3 Å². The van der Waals surface area contributed by atoms with E-state index in [0.717, 1.165) is 38.4 Å². The van der Waals surface area contributed by atoms with Crippen LogP contribution in [-0.4, -0.2) is 13.4 Å². The Morgan fingerprint density at radius 1 is 1.00 bits per heavy atom. The molecule has 0 bridgehead atoms.